The minimum Gasteiger partial charge on any atom is -0.484 e. The number of aryl methyl sites for hydroxylation is 1. The summed E-state index contributed by atoms with van der Waals surface area (Å²) in [6, 6.07) is 5.39. The average molecular weight is 450 g/mol. The summed E-state index contributed by atoms with van der Waals surface area (Å²) in [6.07, 6.45) is -3.55. The van der Waals surface area contributed by atoms with E-state index in [0.29, 0.717) is 35.8 Å². The van der Waals surface area contributed by atoms with Crippen molar-refractivity contribution >= 4 is 16.9 Å². The first-order valence-electron chi connectivity index (χ1n) is 10.3. The molecule has 2 aromatic heterocycles. The first kappa shape index (κ1) is 22.3. The number of nitrogens with one attached hydrogen (secondary N) is 1. The maximum Gasteiger partial charge on any atom is 0.422 e. The highest BCUT2D eigenvalue weighted by Crippen LogP contribution is 2.36. The molecular weight excluding hydrogens is 425 g/mol. The van der Waals surface area contributed by atoms with Crippen LogP contribution in [0.5, 0.6) is 5.75 Å². The second-order valence-corrected chi connectivity index (χ2v) is 8.96. The standard InChI is InChI=1S/C22H25F3N4O3/c1-12-7-17(19-28-29-20(32-19)26-13-5-6-30-10-13)27-18-15(12)8-14(31-11-22(23,24)25)9-16(18)21(2,3)4/h7-9,13H,5-6,10-11H2,1-4H3,(H,26,29)/t13-/m0/s1. The molecule has 0 spiro atoms. The van der Waals surface area contributed by atoms with E-state index in [4.69, 9.17) is 18.9 Å². The highest BCUT2D eigenvalue weighted by molar-refractivity contribution is 5.89. The third-order valence-corrected chi connectivity index (χ3v) is 5.21. The lowest BCUT2D eigenvalue weighted by Gasteiger charge is -2.23. The van der Waals surface area contributed by atoms with Crippen LogP contribution in [0.1, 0.15) is 38.3 Å². The maximum absolute atomic E-state index is 12.7. The van der Waals surface area contributed by atoms with Crippen molar-refractivity contribution in [2.75, 3.05) is 25.1 Å². The number of nitrogens with zero attached hydrogens (tertiary/aromatic N) is 3. The van der Waals surface area contributed by atoms with Gasteiger partial charge in [0.25, 0.3) is 5.89 Å². The lowest BCUT2D eigenvalue weighted by atomic mass is 9.84. The summed E-state index contributed by atoms with van der Waals surface area (Å²) < 4.78 is 54.1. The SMILES string of the molecule is Cc1cc(-c2nnc(N[C@H]3CCOC3)o2)nc2c(C(C)(C)C)cc(OCC(F)(F)F)cc12. The monoisotopic (exact) mass is 450 g/mol. The molecule has 1 fully saturated rings. The van der Waals surface area contributed by atoms with E-state index in [-0.39, 0.29) is 17.7 Å². The van der Waals surface area contributed by atoms with Gasteiger partial charge in [0.15, 0.2) is 6.61 Å². The number of ether oxygens (including phenoxy) is 2. The molecule has 10 heteroatoms. The zero-order valence-electron chi connectivity index (χ0n) is 18.3. The second kappa shape index (κ2) is 8.23. The second-order valence-electron chi connectivity index (χ2n) is 8.96. The van der Waals surface area contributed by atoms with Crippen molar-refractivity contribution < 1.29 is 27.1 Å². The van der Waals surface area contributed by atoms with Crippen molar-refractivity contribution in [3.8, 4) is 17.3 Å². The minimum atomic E-state index is -4.41. The van der Waals surface area contributed by atoms with Crippen LogP contribution < -0.4 is 10.1 Å². The summed E-state index contributed by atoms with van der Waals surface area (Å²) in [4.78, 5) is 4.74. The fraction of sp³-hybridized carbons (Fsp3) is 0.500. The number of fused-ring (bicyclic) bond motifs is 1. The van der Waals surface area contributed by atoms with E-state index in [1.165, 1.54) is 0 Å². The molecule has 1 N–H and O–H groups in total. The lowest BCUT2D eigenvalue weighted by molar-refractivity contribution is -0.153. The van der Waals surface area contributed by atoms with Crippen molar-refractivity contribution in [3.05, 3.63) is 29.3 Å². The Bertz CT molecular complexity index is 1120. The van der Waals surface area contributed by atoms with Gasteiger partial charge in [-0.05, 0) is 48.1 Å². The van der Waals surface area contributed by atoms with E-state index in [2.05, 4.69) is 15.5 Å². The predicted octanol–water partition coefficient (Wildman–Crippen LogP) is 5.03. The summed E-state index contributed by atoms with van der Waals surface area (Å²) in [6.45, 7) is 7.69. The molecule has 1 aliphatic rings. The predicted molar refractivity (Wildman–Crippen MR) is 113 cm³/mol. The summed E-state index contributed by atoms with van der Waals surface area (Å²) >= 11 is 0. The molecule has 32 heavy (non-hydrogen) atoms. The van der Waals surface area contributed by atoms with E-state index in [1.54, 1.807) is 18.2 Å². The fourth-order valence-corrected chi connectivity index (χ4v) is 3.60. The van der Waals surface area contributed by atoms with E-state index in [9.17, 15) is 13.2 Å². The number of anilines is 1. The molecule has 3 heterocycles. The Morgan fingerprint density at radius 2 is 1.94 bits per heavy atom. The average Bonchev–Trinajstić information content (AvgIpc) is 3.37. The van der Waals surface area contributed by atoms with Crippen LogP contribution in [0, 0.1) is 6.92 Å². The molecule has 1 saturated heterocycles. The van der Waals surface area contributed by atoms with Gasteiger partial charge in [-0.1, -0.05) is 25.9 Å². The Balaban J connectivity index is 1.72. The molecule has 7 nitrogen and oxygen atoms in total. The highest BCUT2D eigenvalue weighted by Gasteiger charge is 2.29. The number of pyridine rings is 1. The fourth-order valence-electron chi connectivity index (χ4n) is 3.60. The number of hydrogen-bond donors (Lipinski definition) is 1. The first-order chi connectivity index (χ1) is 15.0. The quantitative estimate of drug-likeness (QED) is 0.584. The van der Waals surface area contributed by atoms with E-state index < -0.39 is 18.2 Å². The lowest BCUT2D eigenvalue weighted by Crippen LogP contribution is -2.20. The molecule has 0 amide bonds. The molecule has 0 radical (unpaired) electrons. The number of benzene rings is 1. The zero-order valence-corrected chi connectivity index (χ0v) is 18.3. The topological polar surface area (TPSA) is 82.3 Å². The van der Waals surface area contributed by atoms with Crippen molar-refractivity contribution in [3.63, 3.8) is 0 Å². The van der Waals surface area contributed by atoms with Crippen molar-refractivity contribution in [1.29, 1.82) is 0 Å². The van der Waals surface area contributed by atoms with Crippen molar-refractivity contribution in [1.82, 2.24) is 15.2 Å². The molecule has 0 aliphatic carbocycles. The van der Waals surface area contributed by atoms with Gasteiger partial charge in [0.05, 0.1) is 18.2 Å². The first-order valence-corrected chi connectivity index (χ1v) is 10.3. The van der Waals surface area contributed by atoms with Gasteiger partial charge < -0.3 is 19.2 Å². The van der Waals surface area contributed by atoms with Gasteiger partial charge in [-0.2, -0.15) is 13.2 Å². The molecule has 0 bridgehead atoms. The minimum absolute atomic E-state index is 0.122. The molecule has 1 aromatic carbocycles. The molecule has 1 aliphatic heterocycles. The summed E-state index contributed by atoms with van der Waals surface area (Å²) in [5.74, 6) is 0.411. The van der Waals surface area contributed by atoms with Crippen LogP contribution in [-0.4, -0.2) is 47.2 Å². The Labute approximate surface area is 183 Å². The number of halogens is 3. The summed E-state index contributed by atoms with van der Waals surface area (Å²) in [5.41, 5.74) is 2.33. The highest BCUT2D eigenvalue weighted by atomic mass is 19.4. The largest absolute Gasteiger partial charge is 0.484 e. The molecular formula is C22H25F3N4O3. The third kappa shape index (κ3) is 4.95. The smallest absolute Gasteiger partial charge is 0.422 e. The number of rotatable bonds is 5. The number of alkyl halides is 3. The maximum atomic E-state index is 12.7. The van der Waals surface area contributed by atoms with Crippen LogP contribution >= 0.6 is 0 Å². The van der Waals surface area contributed by atoms with Gasteiger partial charge >= 0.3 is 12.2 Å². The molecule has 0 unspecified atom stereocenters. The van der Waals surface area contributed by atoms with Crippen LogP contribution in [0.15, 0.2) is 22.6 Å². The normalized spacial score (nSPS) is 17.2. The molecule has 4 rings (SSSR count). The Morgan fingerprint density at radius 1 is 1.16 bits per heavy atom. The Kier molecular flexibility index (Phi) is 5.74. The van der Waals surface area contributed by atoms with Crippen LogP contribution in [0.2, 0.25) is 0 Å². The van der Waals surface area contributed by atoms with Gasteiger partial charge in [-0.25, -0.2) is 4.98 Å². The van der Waals surface area contributed by atoms with E-state index in [0.717, 1.165) is 17.5 Å². The Hall–Kier alpha value is -2.88. The van der Waals surface area contributed by atoms with Gasteiger partial charge in [0.1, 0.15) is 11.4 Å². The summed E-state index contributed by atoms with van der Waals surface area (Å²) in [7, 11) is 0. The molecule has 0 saturated carbocycles. The molecule has 172 valence electrons. The van der Waals surface area contributed by atoms with Crippen LogP contribution in [-0.2, 0) is 10.2 Å². The van der Waals surface area contributed by atoms with Crippen LogP contribution in [0.3, 0.4) is 0 Å². The Morgan fingerprint density at radius 3 is 2.59 bits per heavy atom. The van der Waals surface area contributed by atoms with Gasteiger partial charge in [-0.3, -0.25) is 0 Å². The van der Waals surface area contributed by atoms with E-state index in [1.807, 2.05) is 27.7 Å². The van der Waals surface area contributed by atoms with Gasteiger partial charge in [0.2, 0.25) is 0 Å². The van der Waals surface area contributed by atoms with Gasteiger partial charge in [0, 0.05) is 12.0 Å². The van der Waals surface area contributed by atoms with Gasteiger partial charge in [-0.15, -0.1) is 5.10 Å². The molecule has 1 atom stereocenters. The number of aromatic nitrogens is 3. The van der Waals surface area contributed by atoms with Crippen LogP contribution in [0.25, 0.3) is 22.5 Å². The van der Waals surface area contributed by atoms with Crippen molar-refractivity contribution in [2.45, 2.75) is 51.7 Å². The van der Waals surface area contributed by atoms with Crippen LogP contribution in [0.4, 0.5) is 19.2 Å². The van der Waals surface area contributed by atoms with E-state index >= 15 is 0 Å². The molecule has 3 aromatic rings. The third-order valence-electron chi connectivity index (χ3n) is 5.21. The zero-order chi connectivity index (χ0) is 23.1. The number of hydrogen-bond acceptors (Lipinski definition) is 7. The van der Waals surface area contributed by atoms with Crippen molar-refractivity contribution in [2.24, 2.45) is 0 Å². The summed E-state index contributed by atoms with van der Waals surface area (Å²) in [5, 5.41) is 12.0.